The van der Waals surface area contributed by atoms with Crippen molar-refractivity contribution in [2.45, 2.75) is 0 Å². The maximum Gasteiger partial charge on any atom is 0.162 e. The second-order valence-electron chi connectivity index (χ2n) is 2.71. The Morgan fingerprint density at radius 3 is 2.86 bits per heavy atom. The highest BCUT2D eigenvalue weighted by molar-refractivity contribution is 7.92. The maximum atomic E-state index is 10.1. The molecule has 5 heteroatoms. The highest BCUT2D eigenvalue weighted by Gasteiger charge is 2.10. The van der Waals surface area contributed by atoms with Gasteiger partial charge in [0.15, 0.2) is 11.5 Å². The normalized spacial score (nSPS) is 14.6. The van der Waals surface area contributed by atoms with Crippen LogP contribution >= 0.6 is 12.2 Å². The summed E-state index contributed by atoms with van der Waals surface area (Å²) in [6.07, 6.45) is 1.50. The molecular formula is C9H8NO3S-. The number of hydrogen-bond acceptors (Lipinski definition) is 5. The topological polar surface area (TPSA) is 53.9 Å². The largest absolute Gasteiger partial charge is 0.780 e. The molecule has 4 nitrogen and oxygen atoms in total. The Kier molecular flexibility index (Phi) is 2.90. The molecule has 1 heterocycles. The van der Waals surface area contributed by atoms with Crippen molar-refractivity contribution in [2.75, 3.05) is 13.2 Å². The van der Waals surface area contributed by atoms with E-state index >= 15 is 0 Å². The van der Waals surface area contributed by atoms with Gasteiger partial charge in [0.25, 0.3) is 0 Å². The van der Waals surface area contributed by atoms with Crippen LogP contribution in [0.5, 0.6) is 11.5 Å². The van der Waals surface area contributed by atoms with Gasteiger partial charge in [0.2, 0.25) is 0 Å². The molecule has 14 heavy (non-hydrogen) atoms. The lowest BCUT2D eigenvalue weighted by molar-refractivity contribution is 0.171. The first-order chi connectivity index (χ1) is 6.90. The molecule has 2 rings (SSSR count). The fourth-order valence-corrected chi connectivity index (χ4v) is 1.39. The van der Waals surface area contributed by atoms with Crippen molar-refractivity contribution in [1.82, 2.24) is 0 Å². The first kappa shape index (κ1) is 9.36. The molecule has 0 radical (unpaired) electrons. The fourth-order valence-electron chi connectivity index (χ4n) is 1.22. The summed E-state index contributed by atoms with van der Waals surface area (Å²) in [5.41, 5.74) is 0.831. The summed E-state index contributed by atoms with van der Waals surface area (Å²) in [7, 11) is 0. The Morgan fingerprint density at radius 1 is 1.29 bits per heavy atom. The Labute approximate surface area is 85.9 Å². The van der Waals surface area contributed by atoms with Crippen molar-refractivity contribution in [3.63, 3.8) is 0 Å². The summed E-state index contributed by atoms with van der Waals surface area (Å²) in [5.74, 6) is 1.44. The highest BCUT2D eigenvalue weighted by Crippen LogP contribution is 2.30. The van der Waals surface area contributed by atoms with Gasteiger partial charge in [-0.05, 0) is 23.8 Å². The SMILES string of the molecule is [O-]SN=Cc1ccc2c(c1)OCCO2. The Hall–Kier alpha value is -1.20. The lowest BCUT2D eigenvalue weighted by atomic mass is 10.2. The summed E-state index contributed by atoms with van der Waals surface area (Å²) in [4.78, 5) is 0. The third kappa shape index (κ3) is 2.00. The quantitative estimate of drug-likeness (QED) is 0.423. The van der Waals surface area contributed by atoms with Gasteiger partial charge in [-0.1, -0.05) is 0 Å². The summed E-state index contributed by atoms with van der Waals surface area (Å²) in [5, 5.41) is 0. The van der Waals surface area contributed by atoms with Crippen LogP contribution in [0.1, 0.15) is 5.56 Å². The molecule has 0 bridgehead atoms. The van der Waals surface area contributed by atoms with Crippen LogP contribution in [0.3, 0.4) is 0 Å². The van der Waals surface area contributed by atoms with Gasteiger partial charge in [-0.3, -0.25) is 0 Å². The first-order valence-electron chi connectivity index (χ1n) is 4.12. The molecule has 0 aliphatic carbocycles. The fraction of sp³-hybridized carbons (Fsp3) is 0.222. The molecule has 0 amide bonds. The van der Waals surface area contributed by atoms with Crippen LogP contribution in [-0.2, 0) is 0 Å². The zero-order chi connectivity index (χ0) is 9.80. The lowest BCUT2D eigenvalue weighted by Crippen LogP contribution is -2.15. The van der Waals surface area contributed by atoms with Gasteiger partial charge in [0, 0.05) is 6.21 Å². The molecule has 74 valence electrons. The van der Waals surface area contributed by atoms with Crippen LogP contribution in [-0.4, -0.2) is 24.0 Å². The molecule has 0 saturated heterocycles. The van der Waals surface area contributed by atoms with E-state index in [2.05, 4.69) is 4.40 Å². The Morgan fingerprint density at radius 2 is 2.07 bits per heavy atom. The minimum absolute atomic E-state index is 0.181. The van der Waals surface area contributed by atoms with Crippen LogP contribution in [0.15, 0.2) is 22.6 Å². The van der Waals surface area contributed by atoms with E-state index in [-0.39, 0.29) is 12.2 Å². The standard InChI is InChI=1S/C9H9NO3S/c11-14-10-6-7-1-2-8-9(5-7)13-4-3-12-8/h1-2,5-6,11H,3-4H2/p-1. The van der Waals surface area contributed by atoms with Crippen LogP contribution in [0.4, 0.5) is 0 Å². The molecule has 0 spiro atoms. The van der Waals surface area contributed by atoms with E-state index in [0.29, 0.717) is 19.0 Å². The third-order valence-electron chi connectivity index (χ3n) is 1.81. The van der Waals surface area contributed by atoms with E-state index in [0.717, 1.165) is 11.3 Å². The van der Waals surface area contributed by atoms with Crippen molar-refractivity contribution in [3.8, 4) is 11.5 Å². The van der Waals surface area contributed by atoms with Gasteiger partial charge in [-0.25, -0.2) is 4.40 Å². The second-order valence-corrected chi connectivity index (χ2v) is 3.07. The molecule has 0 aromatic heterocycles. The minimum atomic E-state index is 0.181. The predicted molar refractivity (Wildman–Crippen MR) is 53.4 cm³/mol. The second kappa shape index (κ2) is 4.34. The first-order valence-corrected chi connectivity index (χ1v) is 4.82. The van der Waals surface area contributed by atoms with E-state index in [1.54, 1.807) is 6.07 Å². The van der Waals surface area contributed by atoms with Crippen molar-refractivity contribution in [1.29, 1.82) is 0 Å². The van der Waals surface area contributed by atoms with Crippen LogP contribution in [0.25, 0.3) is 0 Å². The van der Waals surface area contributed by atoms with Crippen LogP contribution in [0.2, 0.25) is 0 Å². The number of ether oxygens (including phenoxy) is 2. The minimum Gasteiger partial charge on any atom is -0.780 e. The van der Waals surface area contributed by atoms with Gasteiger partial charge < -0.3 is 14.0 Å². The predicted octanol–water partition coefficient (Wildman–Crippen LogP) is 1.66. The van der Waals surface area contributed by atoms with Gasteiger partial charge in [0.1, 0.15) is 13.2 Å². The summed E-state index contributed by atoms with van der Waals surface area (Å²) in [6.45, 7) is 1.14. The van der Waals surface area contributed by atoms with Crippen molar-refractivity contribution in [3.05, 3.63) is 23.8 Å². The number of fused-ring (bicyclic) bond motifs is 1. The molecule has 0 fully saturated rings. The number of hydrogen-bond donors (Lipinski definition) is 0. The number of rotatable bonds is 2. The summed E-state index contributed by atoms with van der Waals surface area (Å²) < 4.78 is 24.3. The van der Waals surface area contributed by atoms with Gasteiger partial charge in [0.05, 0.1) is 0 Å². The van der Waals surface area contributed by atoms with Crippen molar-refractivity contribution < 1.29 is 14.0 Å². The zero-order valence-electron chi connectivity index (χ0n) is 7.30. The van der Waals surface area contributed by atoms with E-state index in [9.17, 15) is 4.55 Å². The van der Waals surface area contributed by atoms with E-state index < -0.39 is 0 Å². The van der Waals surface area contributed by atoms with E-state index in [4.69, 9.17) is 9.47 Å². The molecule has 1 aliphatic heterocycles. The Bertz CT molecular complexity index is 354. The molecule has 1 aromatic carbocycles. The van der Waals surface area contributed by atoms with Gasteiger partial charge >= 0.3 is 0 Å². The van der Waals surface area contributed by atoms with Crippen LogP contribution < -0.4 is 9.47 Å². The van der Waals surface area contributed by atoms with E-state index in [1.807, 2.05) is 12.1 Å². The number of nitrogens with zero attached hydrogens (tertiary/aromatic N) is 1. The van der Waals surface area contributed by atoms with E-state index in [1.165, 1.54) is 6.21 Å². The molecule has 1 aromatic rings. The Balaban J connectivity index is 2.24. The molecule has 0 saturated carbocycles. The van der Waals surface area contributed by atoms with Gasteiger partial charge in [-0.2, -0.15) is 0 Å². The molecule has 0 atom stereocenters. The average molecular weight is 210 g/mol. The summed E-state index contributed by atoms with van der Waals surface area (Å²) in [6, 6.07) is 5.44. The molecule has 1 aliphatic rings. The molecule has 0 N–H and O–H groups in total. The van der Waals surface area contributed by atoms with Gasteiger partial charge in [-0.15, -0.1) is 12.2 Å². The van der Waals surface area contributed by atoms with Crippen molar-refractivity contribution >= 4 is 18.4 Å². The monoisotopic (exact) mass is 210 g/mol. The summed E-state index contributed by atoms with van der Waals surface area (Å²) >= 11 is 0.181. The smallest absolute Gasteiger partial charge is 0.162 e. The maximum absolute atomic E-state index is 10.1. The van der Waals surface area contributed by atoms with Crippen LogP contribution in [0, 0.1) is 0 Å². The lowest BCUT2D eigenvalue weighted by Gasteiger charge is -2.18. The highest BCUT2D eigenvalue weighted by atomic mass is 32.2. The molecule has 0 unspecified atom stereocenters. The third-order valence-corrected chi connectivity index (χ3v) is 2.00. The number of benzene rings is 1. The zero-order valence-corrected chi connectivity index (χ0v) is 8.12. The molecular weight excluding hydrogens is 202 g/mol. The average Bonchev–Trinajstić information content (AvgIpc) is 2.26. The van der Waals surface area contributed by atoms with Crippen molar-refractivity contribution in [2.24, 2.45) is 4.40 Å².